The number of anilines is 2. The zero-order valence-electron chi connectivity index (χ0n) is 18.0. The summed E-state index contributed by atoms with van der Waals surface area (Å²) in [7, 11) is -3.73. The molecule has 1 aliphatic heterocycles. The first-order chi connectivity index (χ1) is 15.4. The van der Waals surface area contributed by atoms with Gasteiger partial charge in [-0.2, -0.15) is 5.26 Å². The van der Waals surface area contributed by atoms with E-state index in [2.05, 4.69) is 20.3 Å². The number of aromatic nitrogens is 2. The molecule has 3 aromatic rings. The fourth-order valence-corrected chi connectivity index (χ4v) is 5.36. The second kappa shape index (κ2) is 7.45. The minimum Gasteiger partial charge on any atom is -0.386 e. The number of nitrogens with two attached hydrogens (primary N) is 1. The van der Waals surface area contributed by atoms with Gasteiger partial charge in [-0.15, -0.1) is 0 Å². The van der Waals surface area contributed by atoms with E-state index in [-0.39, 0.29) is 33.7 Å². The third-order valence-electron chi connectivity index (χ3n) is 5.85. The number of halogens is 2. The Hall–Kier alpha value is -3.65. The van der Waals surface area contributed by atoms with Crippen molar-refractivity contribution in [1.29, 1.82) is 5.26 Å². The highest BCUT2D eigenvalue weighted by Gasteiger charge is 2.49. The number of nitrogens with zero attached hydrogens (tertiary/aromatic N) is 4. The Morgan fingerprint density at radius 1 is 1.12 bits per heavy atom. The SMILES string of the molecule is CC1(C)C(N)=N[C@](C)(c2cc(Nc3ncc(F)c4cc(C#N)cnc34)ccc2F)CS1(=O)=O. The van der Waals surface area contributed by atoms with Crippen LogP contribution in [0.4, 0.5) is 20.3 Å². The van der Waals surface area contributed by atoms with Crippen molar-refractivity contribution < 1.29 is 17.2 Å². The topological polar surface area (TPSA) is 134 Å². The standard InChI is InChI=1S/C22H20F2N6O2S/c1-21(2)20(26)30-22(3,11-33(21,31)32)15-7-13(4-5-16(15)23)29-19-18-14(17(24)10-28-19)6-12(8-25)9-27-18/h4-7,9-10H,11H2,1-3H3,(H2,26,30)(H,28,29)/t22-/m0/s1. The third kappa shape index (κ3) is 3.66. The summed E-state index contributed by atoms with van der Waals surface area (Å²) in [5.41, 5.74) is 5.27. The van der Waals surface area contributed by atoms with Gasteiger partial charge < -0.3 is 11.1 Å². The molecule has 8 nitrogen and oxygen atoms in total. The molecule has 11 heteroatoms. The Kier molecular flexibility index (Phi) is 5.09. The van der Waals surface area contributed by atoms with Crippen LogP contribution in [0.25, 0.3) is 10.9 Å². The molecule has 0 spiro atoms. The summed E-state index contributed by atoms with van der Waals surface area (Å²) in [6, 6.07) is 7.28. The van der Waals surface area contributed by atoms with Crippen molar-refractivity contribution in [3.05, 3.63) is 59.4 Å². The zero-order chi connectivity index (χ0) is 24.2. The van der Waals surface area contributed by atoms with Crippen LogP contribution in [0.5, 0.6) is 0 Å². The van der Waals surface area contributed by atoms with Gasteiger partial charge in [0.25, 0.3) is 0 Å². The minimum atomic E-state index is -3.73. The van der Waals surface area contributed by atoms with E-state index in [1.165, 1.54) is 51.2 Å². The van der Waals surface area contributed by atoms with Crippen molar-refractivity contribution in [2.45, 2.75) is 31.1 Å². The molecule has 0 fully saturated rings. The summed E-state index contributed by atoms with van der Waals surface area (Å²) in [5, 5.41) is 12.1. The number of hydrogen-bond donors (Lipinski definition) is 2. The normalized spacial score (nSPS) is 21.3. The summed E-state index contributed by atoms with van der Waals surface area (Å²) in [6.07, 6.45) is 2.28. The molecule has 1 aromatic carbocycles. The first-order valence-corrected chi connectivity index (χ1v) is 11.5. The second-order valence-corrected chi connectivity index (χ2v) is 11.1. The average molecular weight is 471 g/mol. The van der Waals surface area contributed by atoms with Crippen molar-refractivity contribution in [1.82, 2.24) is 9.97 Å². The lowest BCUT2D eigenvalue weighted by atomic mass is 9.92. The largest absolute Gasteiger partial charge is 0.386 e. The molecule has 33 heavy (non-hydrogen) atoms. The lowest BCUT2D eigenvalue weighted by molar-refractivity contribution is 0.476. The smallest absolute Gasteiger partial charge is 0.165 e. The molecule has 170 valence electrons. The van der Waals surface area contributed by atoms with E-state index in [4.69, 9.17) is 11.0 Å². The van der Waals surface area contributed by atoms with Gasteiger partial charge in [-0.05, 0) is 45.0 Å². The molecule has 0 saturated heterocycles. The summed E-state index contributed by atoms with van der Waals surface area (Å²) in [6.45, 7) is 4.43. The molecule has 0 bridgehead atoms. The highest BCUT2D eigenvalue weighted by Crippen LogP contribution is 2.39. The van der Waals surface area contributed by atoms with Crippen LogP contribution in [0, 0.1) is 23.0 Å². The van der Waals surface area contributed by atoms with Crippen molar-refractivity contribution in [3.8, 4) is 6.07 Å². The zero-order valence-corrected chi connectivity index (χ0v) is 18.8. The maximum Gasteiger partial charge on any atom is 0.165 e. The van der Waals surface area contributed by atoms with Crippen LogP contribution in [0.15, 0.2) is 41.7 Å². The van der Waals surface area contributed by atoms with E-state index in [9.17, 15) is 17.2 Å². The molecule has 0 saturated carbocycles. The Labute approximate surface area is 189 Å². The first-order valence-electron chi connectivity index (χ1n) is 9.87. The predicted molar refractivity (Wildman–Crippen MR) is 121 cm³/mol. The molecular weight excluding hydrogens is 450 g/mol. The molecule has 1 atom stereocenters. The van der Waals surface area contributed by atoms with Gasteiger partial charge in [-0.25, -0.2) is 22.2 Å². The van der Waals surface area contributed by atoms with E-state index in [0.29, 0.717) is 5.69 Å². The Morgan fingerprint density at radius 2 is 1.85 bits per heavy atom. The number of hydrogen-bond acceptors (Lipinski definition) is 8. The third-order valence-corrected chi connectivity index (χ3v) is 8.55. The van der Waals surface area contributed by atoms with Crippen molar-refractivity contribution in [2.24, 2.45) is 10.7 Å². The van der Waals surface area contributed by atoms with Crippen LogP contribution >= 0.6 is 0 Å². The molecule has 0 aliphatic carbocycles. The van der Waals surface area contributed by atoms with Crippen LogP contribution in [0.3, 0.4) is 0 Å². The van der Waals surface area contributed by atoms with Gasteiger partial charge in [0.15, 0.2) is 21.5 Å². The molecule has 2 aromatic heterocycles. The van der Waals surface area contributed by atoms with Crippen LogP contribution in [0.2, 0.25) is 0 Å². The molecule has 0 amide bonds. The van der Waals surface area contributed by atoms with E-state index >= 15 is 0 Å². The minimum absolute atomic E-state index is 0.0284. The highest BCUT2D eigenvalue weighted by molar-refractivity contribution is 7.93. The van der Waals surface area contributed by atoms with Gasteiger partial charge in [0.2, 0.25) is 0 Å². The van der Waals surface area contributed by atoms with Gasteiger partial charge in [0.05, 0.1) is 17.5 Å². The van der Waals surface area contributed by atoms with Gasteiger partial charge in [0, 0.05) is 22.8 Å². The van der Waals surface area contributed by atoms with Gasteiger partial charge >= 0.3 is 0 Å². The van der Waals surface area contributed by atoms with Gasteiger partial charge in [-0.3, -0.25) is 9.98 Å². The maximum atomic E-state index is 14.9. The number of fused-ring (bicyclic) bond motifs is 1. The molecule has 1 aliphatic rings. The number of rotatable bonds is 3. The first kappa shape index (κ1) is 22.5. The number of nitriles is 1. The molecule has 3 N–H and O–H groups in total. The van der Waals surface area contributed by atoms with Crippen LogP contribution in [-0.4, -0.2) is 34.7 Å². The van der Waals surface area contributed by atoms with E-state index in [0.717, 1.165) is 6.20 Å². The fraction of sp³-hybridized carbons (Fsp3) is 0.273. The Balaban J connectivity index is 1.79. The number of pyridine rings is 2. The quantitative estimate of drug-likeness (QED) is 0.600. The molecule has 0 radical (unpaired) electrons. The number of amidine groups is 1. The molecule has 4 rings (SSSR count). The summed E-state index contributed by atoms with van der Waals surface area (Å²) < 4.78 is 53.4. The molecular formula is C22H20F2N6O2S. The monoisotopic (exact) mass is 470 g/mol. The van der Waals surface area contributed by atoms with Crippen LogP contribution < -0.4 is 11.1 Å². The molecule has 3 heterocycles. The van der Waals surface area contributed by atoms with Crippen LogP contribution in [0.1, 0.15) is 31.9 Å². The van der Waals surface area contributed by atoms with Gasteiger partial charge in [0.1, 0.15) is 33.5 Å². The highest BCUT2D eigenvalue weighted by atomic mass is 32.2. The van der Waals surface area contributed by atoms with Crippen molar-refractivity contribution in [3.63, 3.8) is 0 Å². The fourth-order valence-electron chi connectivity index (χ4n) is 3.67. The second-order valence-electron chi connectivity index (χ2n) is 8.55. The number of sulfone groups is 1. The summed E-state index contributed by atoms with van der Waals surface area (Å²) >= 11 is 0. The van der Waals surface area contributed by atoms with Crippen molar-refractivity contribution >= 4 is 38.1 Å². The lowest BCUT2D eigenvalue weighted by Crippen LogP contribution is -2.54. The summed E-state index contributed by atoms with van der Waals surface area (Å²) in [5.74, 6) is -1.64. The summed E-state index contributed by atoms with van der Waals surface area (Å²) in [4.78, 5) is 12.5. The molecule has 0 unspecified atom stereocenters. The number of aliphatic imine (C=N–C) groups is 1. The average Bonchev–Trinajstić information content (AvgIpc) is 2.75. The van der Waals surface area contributed by atoms with Gasteiger partial charge in [-0.1, -0.05) is 0 Å². The lowest BCUT2D eigenvalue weighted by Gasteiger charge is -2.38. The maximum absolute atomic E-state index is 14.9. The van der Waals surface area contributed by atoms with E-state index in [1.54, 1.807) is 0 Å². The predicted octanol–water partition coefficient (Wildman–Crippen LogP) is 3.30. The Morgan fingerprint density at radius 3 is 2.52 bits per heavy atom. The van der Waals surface area contributed by atoms with E-state index < -0.39 is 37.5 Å². The van der Waals surface area contributed by atoms with Crippen LogP contribution in [-0.2, 0) is 15.4 Å². The number of nitrogens with one attached hydrogen (secondary N) is 1. The number of benzene rings is 1. The van der Waals surface area contributed by atoms with E-state index in [1.807, 2.05) is 6.07 Å². The Bertz CT molecular complexity index is 1480. The van der Waals surface area contributed by atoms with Crippen molar-refractivity contribution in [2.75, 3.05) is 11.1 Å².